The van der Waals surface area contributed by atoms with Crippen molar-refractivity contribution < 1.29 is 19.2 Å². The van der Waals surface area contributed by atoms with Crippen molar-refractivity contribution in [1.82, 2.24) is 0 Å². The smallest absolute Gasteiger partial charge is 0.279 e. The number of amides is 1. The molecule has 2 atom stereocenters. The van der Waals surface area contributed by atoms with E-state index in [9.17, 15) is 4.79 Å². The zero-order valence-corrected chi connectivity index (χ0v) is 16.1. The quantitative estimate of drug-likeness (QED) is 0.848. The Hall–Kier alpha value is -2.24. The van der Waals surface area contributed by atoms with Crippen molar-refractivity contribution in [3.8, 4) is 11.5 Å². The number of carbonyl (C=O) groups is 1. The largest absolute Gasteiger partial charge is 0.486 e. The summed E-state index contributed by atoms with van der Waals surface area (Å²) in [5.74, 6) is 1.59. The van der Waals surface area contributed by atoms with Crippen molar-refractivity contribution in [2.45, 2.75) is 25.8 Å². The molecule has 0 spiro atoms. The van der Waals surface area contributed by atoms with Crippen LogP contribution in [0.1, 0.15) is 30.0 Å². The highest BCUT2D eigenvalue weighted by atomic mass is 35.5. The second-order valence-corrected chi connectivity index (χ2v) is 7.62. The molecule has 1 fully saturated rings. The first-order valence-corrected chi connectivity index (χ1v) is 9.78. The van der Waals surface area contributed by atoms with Gasteiger partial charge in [0, 0.05) is 18.4 Å². The molecular weight excluding hydrogens is 364 g/mol. The van der Waals surface area contributed by atoms with E-state index in [1.54, 1.807) is 0 Å². The normalized spacial score (nSPS) is 21.1. The van der Waals surface area contributed by atoms with E-state index >= 15 is 0 Å². The summed E-state index contributed by atoms with van der Waals surface area (Å²) in [7, 11) is 0. The maximum absolute atomic E-state index is 12.6. The fraction of sp³-hybridized carbons (Fsp3) is 0.381. The molecule has 142 valence electrons. The van der Waals surface area contributed by atoms with Crippen LogP contribution in [0.15, 0.2) is 36.4 Å². The number of carbonyl (C=O) groups excluding carboxylic acids is 1. The number of rotatable bonds is 4. The number of hydrogen-bond donors (Lipinski definition) is 2. The molecule has 0 aromatic heterocycles. The summed E-state index contributed by atoms with van der Waals surface area (Å²) in [4.78, 5) is 13.9. The molecule has 2 aliphatic rings. The third kappa shape index (κ3) is 4.04. The molecule has 0 radical (unpaired) electrons. The van der Waals surface area contributed by atoms with Crippen molar-refractivity contribution in [2.24, 2.45) is 0 Å². The Morgan fingerprint density at radius 1 is 1.19 bits per heavy atom. The summed E-state index contributed by atoms with van der Waals surface area (Å²) in [5, 5.41) is 3.52. The summed E-state index contributed by atoms with van der Waals surface area (Å²) < 4.78 is 11.3. The van der Waals surface area contributed by atoms with Gasteiger partial charge in [-0.3, -0.25) is 4.79 Å². The summed E-state index contributed by atoms with van der Waals surface area (Å²) in [6.07, 6.45) is 2.17. The molecule has 2 aromatic rings. The third-order valence-electron chi connectivity index (χ3n) is 5.24. The monoisotopic (exact) mass is 387 g/mol. The number of likely N-dealkylation sites (tertiary alicyclic amines) is 1. The van der Waals surface area contributed by atoms with Crippen molar-refractivity contribution in [2.75, 3.05) is 31.6 Å². The molecular formula is C21H24ClN2O3+. The van der Waals surface area contributed by atoms with E-state index in [4.69, 9.17) is 21.1 Å². The second-order valence-electron chi connectivity index (χ2n) is 7.21. The topological polar surface area (TPSA) is 52.0 Å². The molecule has 2 heterocycles. The first-order chi connectivity index (χ1) is 13.1. The van der Waals surface area contributed by atoms with Crippen molar-refractivity contribution in [3.63, 3.8) is 0 Å². The Morgan fingerprint density at radius 3 is 2.81 bits per heavy atom. The van der Waals surface area contributed by atoms with Crippen LogP contribution in [0, 0.1) is 6.92 Å². The predicted octanol–water partition coefficient (Wildman–Crippen LogP) is 2.78. The number of quaternary nitrogens is 1. The number of aryl methyl sites for hydroxylation is 1. The van der Waals surface area contributed by atoms with E-state index in [2.05, 4.69) is 17.4 Å². The summed E-state index contributed by atoms with van der Waals surface area (Å²) in [6, 6.07) is 12.1. The molecule has 0 aliphatic carbocycles. The maximum atomic E-state index is 12.6. The molecule has 5 nitrogen and oxygen atoms in total. The van der Waals surface area contributed by atoms with Gasteiger partial charge in [-0.1, -0.05) is 17.7 Å². The molecule has 0 saturated carbocycles. The highest BCUT2D eigenvalue weighted by Crippen LogP contribution is 2.33. The van der Waals surface area contributed by atoms with Gasteiger partial charge in [-0.05, 0) is 42.8 Å². The van der Waals surface area contributed by atoms with E-state index < -0.39 is 0 Å². The van der Waals surface area contributed by atoms with Gasteiger partial charge < -0.3 is 19.7 Å². The predicted molar refractivity (Wildman–Crippen MR) is 105 cm³/mol. The van der Waals surface area contributed by atoms with E-state index in [1.807, 2.05) is 31.2 Å². The highest BCUT2D eigenvalue weighted by molar-refractivity contribution is 6.33. The molecule has 2 N–H and O–H groups in total. The van der Waals surface area contributed by atoms with E-state index in [-0.39, 0.29) is 5.91 Å². The Kier molecular flexibility index (Phi) is 5.23. The zero-order valence-electron chi connectivity index (χ0n) is 15.4. The van der Waals surface area contributed by atoms with Crippen LogP contribution in [0.2, 0.25) is 5.02 Å². The van der Waals surface area contributed by atoms with Gasteiger partial charge in [0.1, 0.15) is 19.3 Å². The summed E-state index contributed by atoms with van der Waals surface area (Å²) in [6.45, 7) is 4.55. The molecule has 2 aliphatic heterocycles. The number of halogens is 1. The number of ether oxygens (including phenoxy) is 2. The van der Waals surface area contributed by atoms with Crippen LogP contribution in [-0.2, 0) is 4.79 Å². The molecule has 2 aromatic carbocycles. The lowest BCUT2D eigenvalue weighted by molar-refractivity contribution is -0.910. The van der Waals surface area contributed by atoms with Gasteiger partial charge in [-0.15, -0.1) is 0 Å². The molecule has 1 unspecified atom stereocenters. The van der Waals surface area contributed by atoms with Crippen LogP contribution in [0.25, 0.3) is 0 Å². The van der Waals surface area contributed by atoms with Crippen LogP contribution in [-0.4, -0.2) is 32.2 Å². The Labute approximate surface area is 164 Å². The van der Waals surface area contributed by atoms with Crippen LogP contribution in [0.3, 0.4) is 0 Å². The molecule has 1 amide bonds. The Balaban J connectivity index is 1.44. The van der Waals surface area contributed by atoms with E-state index in [0.29, 0.717) is 36.5 Å². The van der Waals surface area contributed by atoms with Gasteiger partial charge in [0.05, 0.1) is 17.3 Å². The zero-order chi connectivity index (χ0) is 18.8. The van der Waals surface area contributed by atoms with Gasteiger partial charge in [0.25, 0.3) is 5.91 Å². The number of hydrogen-bond acceptors (Lipinski definition) is 3. The van der Waals surface area contributed by atoms with Gasteiger partial charge in [0.15, 0.2) is 18.0 Å². The van der Waals surface area contributed by atoms with Gasteiger partial charge in [0.2, 0.25) is 0 Å². The van der Waals surface area contributed by atoms with Crippen molar-refractivity contribution in [3.05, 3.63) is 52.5 Å². The number of fused-ring (bicyclic) bond motifs is 1. The summed E-state index contributed by atoms with van der Waals surface area (Å²) >= 11 is 6.23. The number of benzene rings is 2. The molecule has 6 heteroatoms. The molecule has 0 bridgehead atoms. The van der Waals surface area contributed by atoms with Crippen molar-refractivity contribution >= 4 is 23.2 Å². The second kappa shape index (κ2) is 7.79. The van der Waals surface area contributed by atoms with E-state index in [1.165, 1.54) is 10.5 Å². The van der Waals surface area contributed by atoms with Crippen LogP contribution < -0.4 is 19.7 Å². The van der Waals surface area contributed by atoms with Crippen LogP contribution in [0.5, 0.6) is 11.5 Å². The fourth-order valence-electron chi connectivity index (χ4n) is 3.92. The van der Waals surface area contributed by atoms with Crippen molar-refractivity contribution in [1.29, 1.82) is 0 Å². The highest BCUT2D eigenvalue weighted by Gasteiger charge is 2.32. The van der Waals surface area contributed by atoms with Gasteiger partial charge in [-0.25, -0.2) is 0 Å². The maximum Gasteiger partial charge on any atom is 0.279 e. The standard InChI is InChI=1S/C21H23ClN2O3/c1-14-4-6-17(16(22)11-14)23-21(25)13-24-8-2-3-18(24)15-5-7-19-20(12-15)27-10-9-26-19/h4-7,11-12,18H,2-3,8-10,13H2,1H3,(H,23,25)/p+1/t18-/m1/s1. The van der Waals surface area contributed by atoms with Crippen LogP contribution >= 0.6 is 11.6 Å². The first kappa shape index (κ1) is 18.1. The Bertz CT molecular complexity index is 855. The number of nitrogens with one attached hydrogen (secondary N) is 2. The lowest BCUT2D eigenvalue weighted by Crippen LogP contribution is -3.11. The van der Waals surface area contributed by atoms with Gasteiger partial charge >= 0.3 is 0 Å². The SMILES string of the molecule is Cc1ccc(NC(=O)C[NH+]2CCC[C@@H]2c2ccc3c(c2)OCCO3)c(Cl)c1. The lowest BCUT2D eigenvalue weighted by atomic mass is 10.0. The lowest BCUT2D eigenvalue weighted by Gasteiger charge is -2.24. The van der Waals surface area contributed by atoms with Crippen LogP contribution in [0.4, 0.5) is 5.69 Å². The van der Waals surface area contributed by atoms with E-state index in [0.717, 1.165) is 36.4 Å². The minimum absolute atomic E-state index is 0.0137. The average molecular weight is 388 g/mol. The molecule has 4 rings (SSSR count). The first-order valence-electron chi connectivity index (χ1n) is 9.40. The third-order valence-corrected chi connectivity index (χ3v) is 5.55. The molecule has 1 saturated heterocycles. The average Bonchev–Trinajstić information content (AvgIpc) is 3.11. The summed E-state index contributed by atoms with van der Waals surface area (Å²) in [5.41, 5.74) is 2.94. The minimum Gasteiger partial charge on any atom is -0.486 e. The van der Waals surface area contributed by atoms with Gasteiger partial charge in [-0.2, -0.15) is 0 Å². The number of anilines is 1. The Morgan fingerprint density at radius 2 is 2.00 bits per heavy atom. The fourth-order valence-corrected chi connectivity index (χ4v) is 4.21. The molecule has 27 heavy (non-hydrogen) atoms. The minimum atomic E-state index is -0.0137.